The predicted octanol–water partition coefficient (Wildman–Crippen LogP) is 1.75. The number of nitrogens with one attached hydrogen (secondary N) is 1. The zero-order valence-corrected chi connectivity index (χ0v) is 9.60. The highest BCUT2D eigenvalue weighted by atomic mass is 32.2. The molecule has 3 heteroatoms. The van der Waals surface area contributed by atoms with Crippen LogP contribution in [0.15, 0.2) is 12.7 Å². The normalized spacial score (nSPS) is 29.8. The van der Waals surface area contributed by atoms with Crippen LogP contribution in [0.1, 0.15) is 13.8 Å². The molecule has 0 unspecified atom stereocenters. The maximum absolute atomic E-state index is 3.89. The molecule has 1 aliphatic heterocycles. The number of hydrogen-bond acceptors (Lipinski definition) is 3. The Labute approximate surface area is 85.9 Å². The third kappa shape index (κ3) is 2.73. The van der Waals surface area contributed by atoms with Gasteiger partial charge in [0.05, 0.1) is 0 Å². The van der Waals surface area contributed by atoms with Gasteiger partial charge in [-0.1, -0.05) is 18.0 Å². The molecular weight excluding hydrogens is 180 g/mol. The highest BCUT2D eigenvalue weighted by Gasteiger charge is 2.31. The molecule has 2 nitrogen and oxygen atoms in total. The van der Waals surface area contributed by atoms with E-state index in [1.165, 1.54) is 0 Å². The van der Waals surface area contributed by atoms with Gasteiger partial charge < -0.3 is 0 Å². The molecule has 13 heavy (non-hydrogen) atoms. The Balaban J connectivity index is 2.50. The number of likely N-dealkylation sites (tertiary alicyclic amines) is 1. The first-order valence-corrected chi connectivity index (χ1v) is 6.06. The van der Waals surface area contributed by atoms with Crippen LogP contribution in [0.5, 0.6) is 0 Å². The Bertz CT molecular complexity index is 170. The van der Waals surface area contributed by atoms with E-state index in [0.29, 0.717) is 18.0 Å². The van der Waals surface area contributed by atoms with Crippen LogP contribution < -0.4 is 4.72 Å². The summed E-state index contributed by atoms with van der Waals surface area (Å²) < 4.78 is 3.43. The fraction of sp³-hybridized carbons (Fsp3) is 0.800. The Kier molecular flexibility index (Phi) is 4.29. The van der Waals surface area contributed by atoms with E-state index < -0.39 is 0 Å². The average Bonchev–Trinajstić information content (AvgIpc) is 2.48. The summed E-state index contributed by atoms with van der Waals surface area (Å²) in [6.07, 6.45) is 4.16. The van der Waals surface area contributed by atoms with Crippen molar-refractivity contribution in [3.63, 3.8) is 0 Å². The lowest BCUT2D eigenvalue weighted by molar-refractivity contribution is 0.268. The van der Waals surface area contributed by atoms with Crippen molar-refractivity contribution in [2.45, 2.75) is 25.9 Å². The molecule has 1 heterocycles. The standard InChI is InChI=1S/C10H20N2S/c1-5-9-6-12(8(2)3)7-10(9)11-13-4/h5,8-11H,1,6-7H2,2-4H3/t9-,10-/m0/s1. The fourth-order valence-electron chi connectivity index (χ4n) is 1.80. The van der Waals surface area contributed by atoms with E-state index in [0.717, 1.165) is 13.1 Å². The van der Waals surface area contributed by atoms with Crippen molar-refractivity contribution >= 4 is 11.9 Å². The van der Waals surface area contributed by atoms with Crippen LogP contribution in [0, 0.1) is 5.92 Å². The molecule has 0 amide bonds. The molecule has 0 aromatic rings. The molecule has 0 saturated carbocycles. The van der Waals surface area contributed by atoms with Crippen molar-refractivity contribution in [1.82, 2.24) is 9.62 Å². The molecule has 1 fully saturated rings. The maximum Gasteiger partial charge on any atom is 0.0374 e. The summed E-state index contributed by atoms with van der Waals surface area (Å²) in [6, 6.07) is 1.23. The Hall–Kier alpha value is 0.0100. The first kappa shape index (κ1) is 11.1. The molecule has 0 bridgehead atoms. The van der Waals surface area contributed by atoms with Gasteiger partial charge in [-0.2, -0.15) is 0 Å². The third-order valence-electron chi connectivity index (χ3n) is 2.70. The van der Waals surface area contributed by atoms with Gasteiger partial charge >= 0.3 is 0 Å². The van der Waals surface area contributed by atoms with Crippen LogP contribution in [-0.4, -0.2) is 36.3 Å². The summed E-state index contributed by atoms with van der Waals surface area (Å²) in [6.45, 7) is 10.7. The minimum atomic E-state index is 0.579. The molecule has 1 saturated heterocycles. The van der Waals surface area contributed by atoms with Crippen molar-refractivity contribution in [1.29, 1.82) is 0 Å². The number of nitrogens with zero attached hydrogens (tertiary/aromatic N) is 1. The molecular formula is C10H20N2S. The molecule has 0 radical (unpaired) electrons. The van der Waals surface area contributed by atoms with Crippen molar-refractivity contribution < 1.29 is 0 Å². The van der Waals surface area contributed by atoms with Crippen LogP contribution in [-0.2, 0) is 0 Å². The summed E-state index contributed by atoms with van der Waals surface area (Å²) >= 11 is 1.71. The highest BCUT2D eigenvalue weighted by Crippen LogP contribution is 2.21. The monoisotopic (exact) mass is 200 g/mol. The summed E-state index contributed by atoms with van der Waals surface area (Å²) in [5, 5.41) is 0. The molecule has 76 valence electrons. The SMILES string of the molecule is C=C[C@H]1CN(C(C)C)C[C@@H]1NSC. The van der Waals surface area contributed by atoms with E-state index in [-0.39, 0.29) is 0 Å². The minimum Gasteiger partial charge on any atom is -0.299 e. The summed E-state index contributed by atoms with van der Waals surface area (Å²) in [5.74, 6) is 0.606. The van der Waals surface area contributed by atoms with Gasteiger partial charge in [0, 0.05) is 31.1 Å². The summed E-state index contributed by atoms with van der Waals surface area (Å²) in [5.41, 5.74) is 0. The van der Waals surface area contributed by atoms with Gasteiger partial charge in [-0.15, -0.1) is 6.58 Å². The molecule has 1 rings (SSSR count). The third-order valence-corrected chi connectivity index (χ3v) is 3.23. The van der Waals surface area contributed by atoms with Gasteiger partial charge in [0.25, 0.3) is 0 Å². The molecule has 0 aromatic carbocycles. The van der Waals surface area contributed by atoms with Crippen LogP contribution in [0.4, 0.5) is 0 Å². The highest BCUT2D eigenvalue weighted by molar-refractivity contribution is 7.96. The molecule has 0 aliphatic carbocycles. The second-order valence-electron chi connectivity index (χ2n) is 3.88. The van der Waals surface area contributed by atoms with Gasteiger partial charge in [0.15, 0.2) is 0 Å². The zero-order valence-electron chi connectivity index (χ0n) is 8.79. The minimum absolute atomic E-state index is 0.579. The van der Waals surface area contributed by atoms with E-state index in [1.54, 1.807) is 11.9 Å². The first-order chi connectivity index (χ1) is 6.19. The molecule has 1 aliphatic rings. The molecule has 2 atom stereocenters. The second kappa shape index (κ2) is 5.03. The zero-order chi connectivity index (χ0) is 9.84. The van der Waals surface area contributed by atoms with Crippen molar-refractivity contribution in [3.8, 4) is 0 Å². The smallest absolute Gasteiger partial charge is 0.0374 e. The Morgan fingerprint density at radius 3 is 2.69 bits per heavy atom. The van der Waals surface area contributed by atoms with Crippen molar-refractivity contribution in [2.24, 2.45) is 5.92 Å². The molecule has 1 N–H and O–H groups in total. The number of rotatable bonds is 4. The van der Waals surface area contributed by atoms with Gasteiger partial charge in [-0.05, 0) is 20.1 Å². The lowest BCUT2D eigenvalue weighted by Gasteiger charge is -2.19. The average molecular weight is 200 g/mol. The fourth-order valence-corrected chi connectivity index (χ4v) is 2.35. The van der Waals surface area contributed by atoms with E-state index >= 15 is 0 Å². The van der Waals surface area contributed by atoms with Gasteiger partial charge in [0.2, 0.25) is 0 Å². The van der Waals surface area contributed by atoms with Gasteiger partial charge in [-0.3, -0.25) is 9.62 Å². The van der Waals surface area contributed by atoms with Crippen molar-refractivity contribution in [3.05, 3.63) is 12.7 Å². The van der Waals surface area contributed by atoms with E-state index in [1.807, 2.05) is 0 Å². The Morgan fingerprint density at radius 2 is 2.23 bits per heavy atom. The summed E-state index contributed by atoms with van der Waals surface area (Å²) in [7, 11) is 0. The lowest BCUT2D eigenvalue weighted by atomic mass is 10.1. The van der Waals surface area contributed by atoms with Crippen LogP contribution >= 0.6 is 11.9 Å². The van der Waals surface area contributed by atoms with Crippen molar-refractivity contribution in [2.75, 3.05) is 19.3 Å². The van der Waals surface area contributed by atoms with E-state index in [4.69, 9.17) is 0 Å². The molecule has 0 spiro atoms. The van der Waals surface area contributed by atoms with Crippen LogP contribution in [0.3, 0.4) is 0 Å². The van der Waals surface area contributed by atoms with Gasteiger partial charge in [-0.25, -0.2) is 0 Å². The van der Waals surface area contributed by atoms with E-state index in [2.05, 4.69) is 42.4 Å². The first-order valence-electron chi connectivity index (χ1n) is 4.84. The number of hydrogen-bond donors (Lipinski definition) is 1. The quantitative estimate of drug-likeness (QED) is 0.550. The topological polar surface area (TPSA) is 15.3 Å². The Morgan fingerprint density at radius 1 is 1.54 bits per heavy atom. The molecule has 0 aromatic heterocycles. The lowest BCUT2D eigenvalue weighted by Crippen LogP contribution is -2.33. The summed E-state index contributed by atoms with van der Waals surface area (Å²) in [4.78, 5) is 2.50. The van der Waals surface area contributed by atoms with Crippen LogP contribution in [0.25, 0.3) is 0 Å². The maximum atomic E-state index is 3.89. The van der Waals surface area contributed by atoms with Gasteiger partial charge in [0.1, 0.15) is 0 Å². The van der Waals surface area contributed by atoms with Crippen LogP contribution in [0.2, 0.25) is 0 Å². The van der Waals surface area contributed by atoms with E-state index in [9.17, 15) is 0 Å². The largest absolute Gasteiger partial charge is 0.299 e. The second-order valence-corrected chi connectivity index (χ2v) is 4.52. The predicted molar refractivity (Wildman–Crippen MR) is 60.8 cm³/mol.